The van der Waals surface area contributed by atoms with E-state index in [9.17, 15) is 13.2 Å². The number of hydrogen-bond acceptors (Lipinski definition) is 1. The summed E-state index contributed by atoms with van der Waals surface area (Å²) in [5.74, 6) is 6.78. The van der Waals surface area contributed by atoms with E-state index in [2.05, 4.69) is 30.9 Å². The molecule has 0 atom stereocenters. The molecule has 4 heteroatoms. The van der Waals surface area contributed by atoms with Gasteiger partial charge < -0.3 is 4.74 Å². The van der Waals surface area contributed by atoms with Gasteiger partial charge in [0.2, 0.25) is 0 Å². The first-order valence-electron chi connectivity index (χ1n) is 9.37. The van der Waals surface area contributed by atoms with Gasteiger partial charge in [-0.2, -0.15) is 13.2 Å². The highest BCUT2D eigenvalue weighted by atomic mass is 19.4. The maximum absolute atomic E-state index is 12.1. The van der Waals surface area contributed by atoms with Crippen LogP contribution in [0, 0.1) is 11.8 Å². The number of ether oxygens (including phenoxy) is 1. The fourth-order valence-corrected chi connectivity index (χ4v) is 2.58. The number of alkyl halides is 3. The zero-order valence-corrected chi connectivity index (χ0v) is 15.6. The minimum atomic E-state index is -4.13. The SMILES string of the molecule is CCCCCc1ccc(C#Cc2ccc(OCCCC(F)(F)F)cc2)cc1. The van der Waals surface area contributed by atoms with E-state index in [0.717, 1.165) is 17.5 Å². The number of rotatable bonds is 8. The van der Waals surface area contributed by atoms with Gasteiger partial charge in [0, 0.05) is 17.5 Å². The van der Waals surface area contributed by atoms with Crippen molar-refractivity contribution in [1.82, 2.24) is 0 Å². The van der Waals surface area contributed by atoms with Crippen molar-refractivity contribution in [3.8, 4) is 17.6 Å². The fraction of sp³-hybridized carbons (Fsp3) is 0.391. The number of benzene rings is 2. The van der Waals surface area contributed by atoms with Gasteiger partial charge in [0.25, 0.3) is 0 Å². The number of aryl methyl sites for hydroxylation is 1. The van der Waals surface area contributed by atoms with Gasteiger partial charge in [-0.05, 0) is 61.2 Å². The molecule has 2 rings (SSSR count). The van der Waals surface area contributed by atoms with Crippen molar-refractivity contribution in [2.75, 3.05) is 6.61 Å². The van der Waals surface area contributed by atoms with E-state index in [1.54, 1.807) is 12.1 Å². The van der Waals surface area contributed by atoms with Crippen LogP contribution in [0.5, 0.6) is 5.75 Å². The smallest absolute Gasteiger partial charge is 0.389 e. The molecule has 0 aliphatic heterocycles. The Kier molecular flexibility index (Phi) is 8.26. The van der Waals surface area contributed by atoms with Crippen molar-refractivity contribution in [3.05, 3.63) is 65.2 Å². The molecule has 27 heavy (non-hydrogen) atoms. The third-order valence-electron chi connectivity index (χ3n) is 4.10. The zero-order chi connectivity index (χ0) is 19.5. The van der Waals surface area contributed by atoms with Crippen molar-refractivity contribution >= 4 is 0 Å². The van der Waals surface area contributed by atoms with Crippen LogP contribution in [0.3, 0.4) is 0 Å². The predicted molar refractivity (Wildman–Crippen MR) is 103 cm³/mol. The molecule has 0 aromatic heterocycles. The molecule has 0 saturated heterocycles. The predicted octanol–water partition coefficient (Wildman–Crippen LogP) is 6.54. The molecule has 0 unspecified atom stereocenters. The molecule has 0 fully saturated rings. The largest absolute Gasteiger partial charge is 0.494 e. The van der Waals surface area contributed by atoms with Crippen LogP contribution in [-0.2, 0) is 6.42 Å². The summed E-state index contributed by atoms with van der Waals surface area (Å²) in [5, 5.41) is 0. The second-order valence-electron chi connectivity index (χ2n) is 6.50. The van der Waals surface area contributed by atoms with Crippen LogP contribution in [-0.4, -0.2) is 12.8 Å². The van der Waals surface area contributed by atoms with Crippen molar-refractivity contribution in [1.29, 1.82) is 0 Å². The summed E-state index contributed by atoms with van der Waals surface area (Å²) < 4.78 is 41.6. The summed E-state index contributed by atoms with van der Waals surface area (Å²) in [6, 6.07) is 15.4. The highest BCUT2D eigenvalue weighted by Crippen LogP contribution is 2.21. The van der Waals surface area contributed by atoms with Crippen LogP contribution < -0.4 is 4.74 Å². The Morgan fingerprint density at radius 3 is 1.96 bits per heavy atom. The highest BCUT2D eigenvalue weighted by molar-refractivity contribution is 5.44. The Morgan fingerprint density at radius 1 is 0.815 bits per heavy atom. The second-order valence-corrected chi connectivity index (χ2v) is 6.50. The van der Waals surface area contributed by atoms with E-state index in [0.29, 0.717) is 5.75 Å². The Labute approximate surface area is 159 Å². The van der Waals surface area contributed by atoms with E-state index in [-0.39, 0.29) is 13.0 Å². The molecule has 0 spiro atoms. The molecule has 0 amide bonds. The molecule has 0 aliphatic rings. The molecular formula is C23H25F3O. The molecule has 0 aliphatic carbocycles. The first-order chi connectivity index (χ1) is 13.0. The summed E-state index contributed by atoms with van der Waals surface area (Å²) in [6.45, 7) is 2.25. The minimum Gasteiger partial charge on any atom is -0.494 e. The van der Waals surface area contributed by atoms with Gasteiger partial charge in [-0.25, -0.2) is 0 Å². The summed E-state index contributed by atoms with van der Waals surface area (Å²) in [4.78, 5) is 0. The Bertz CT molecular complexity index is 734. The van der Waals surface area contributed by atoms with E-state index < -0.39 is 12.6 Å². The molecular weight excluding hydrogens is 349 g/mol. The summed E-state index contributed by atoms with van der Waals surface area (Å²) in [5.41, 5.74) is 3.13. The molecule has 0 heterocycles. The van der Waals surface area contributed by atoms with Gasteiger partial charge in [-0.3, -0.25) is 0 Å². The normalized spacial score (nSPS) is 11.0. The minimum absolute atomic E-state index is 0.0422. The second kappa shape index (κ2) is 10.7. The van der Waals surface area contributed by atoms with Crippen molar-refractivity contribution in [2.45, 2.75) is 51.6 Å². The molecule has 2 aromatic carbocycles. The third kappa shape index (κ3) is 8.68. The quantitative estimate of drug-likeness (QED) is 0.376. The van der Waals surface area contributed by atoms with Crippen LogP contribution in [0.15, 0.2) is 48.5 Å². The third-order valence-corrected chi connectivity index (χ3v) is 4.10. The average Bonchev–Trinajstić information content (AvgIpc) is 2.65. The van der Waals surface area contributed by atoms with E-state index in [1.165, 1.54) is 24.8 Å². The van der Waals surface area contributed by atoms with Crippen LogP contribution in [0.1, 0.15) is 55.7 Å². The molecule has 0 saturated carbocycles. The monoisotopic (exact) mass is 374 g/mol. The lowest BCUT2D eigenvalue weighted by molar-refractivity contribution is -0.136. The summed E-state index contributed by atoms with van der Waals surface area (Å²) in [7, 11) is 0. The Balaban J connectivity index is 1.82. The maximum Gasteiger partial charge on any atom is 0.389 e. The van der Waals surface area contributed by atoms with Gasteiger partial charge in [0.05, 0.1) is 6.61 Å². The van der Waals surface area contributed by atoms with Gasteiger partial charge >= 0.3 is 6.18 Å². The fourth-order valence-electron chi connectivity index (χ4n) is 2.58. The van der Waals surface area contributed by atoms with E-state index in [1.807, 2.05) is 24.3 Å². The molecule has 0 radical (unpaired) electrons. The molecule has 0 bridgehead atoms. The number of halogens is 3. The Morgan fingerprint density at radius 2 is 1.41 bits per heavy atom. The molecule has 1 nitrogen and oxygen atoms in total. The Hall–Kier alpha value is -2.41. The lowest BCUT2D eigenvalue weighted by Crippen LogP contribution is -2.09. The highest BCUT2D eigenvalue weighted by Gasteiger charge is 2.26. The summed E-state index contributed by atoms with van der Waals surface area (Å²) in [6.07, 6.45) is -0.202. The topological polar surface area (TPSA) is 9.23 Å². The standard InChI is InChI=1S/C23H25F3O/c1-2-3-4-6-19-7-9-20(10-8-19)11-12-21-13-15-22(16-14-21)27-18-5-17-23(24,25)26/h7-10,13-16H,2-6,17-18H2,1H3. The number of unbranched alkanes of at least 4 members (excludes halogenated alkanes) is 2. The van der Waals surface area contributed by atoms with Gasteiger partial charge in [-0.1, -0.05) is 43.7 Å². The van der Waals surface area contributed by atoms with Gasteiger partial charge in [0.15, 0.2) is 0 Å². The first-order valence-corrected chi connectivity index (χ1v) is 9.37. The van der Waals surface area contributed by atoms with Crippen molar-refractivity contribution in [2.24, 2.45) is 0 Å². The van der Waals surface area contributed by atoms with E-state index >= 15 is 0 Å². The summed E-state index contributed by atoms with van der Waals surface area (Å²) >= 11 is 0. The zero-order valence-electron chi connectivity index (χ0n) is 15.6. The first kappa shape index (κ1) is 20.9. The van der Waals surface area contributed by atoms with Crippen molar-refractivity contribution < 1.29 is 17.9 Å². The van der Waals surface area contributed by atoms with Crippen LogP contribution in [0.25, 0.3) is 0 Å². The lowest BCUT2D eigenvalue weighted by atomic mass is 10.1. The average molecular weight is 374 g/mol. The van der Waals surface area contributed by atoms with Gasteiger partial charge in [0.1, 0.15) is 5.75 Å². The van der Waals surface area contributed by atoms with Crippen LogP contribution >= 0.6 is 0 Å². The lowest BCUT2D eigenvalue weighted by Gasteiger charge is -2.08. The molecule has 0 N–H and O–H groups in total. The van der Waals surface area contributed by atoms with E-state index in [4.69, 9.17) is 4.74 Å². The number of hydrogen-bond donors (Lipinski definition) is 0. The van der Waals surface area contributed by atoms with Crippen LogP contribution in [0.2, 0.25) is 0 Å². The molecule has 2 aromatic rings. The maximum atomic E-state index is 12.1. The van der Waals surface area contributed by atoms with Gasteiger partial charge in [-0.15, -0.1) is 0 Å². The van der Waals surface area contributed by atoms with Crippen LogP contribution in [0.4, 0.5) is 13.2 Å². The van der Waals surface area contributed by atoms with Crippen molar-refractivity contribution in [3.63, 3.8) is 0 Å². The molecule has 144 valence electrons.